The van der Waals surface area contributed by atoms with Crippen molar-refractivity contribution in [1.82, 2.24) is 14.1 Å². The number of thiophene rings is 1. The summed E-state index contributed by atoms with van der Waals surface area (Å²) in [6, 6.07) is 14.9. The largest absolute Gasteiger partial charge is 0.495 e. The van der Waals surface area contributed by atoms with Crippen molar-refractivity contribution < 1.29 is 4.74 Å². The average Bonchev–Trinajstić information content (AvgIpc) is 3.35. The first-order valence-electron chi connectivity index (χ1n) is 11.1. The molecule has 0 spiro atoms. The van der Waals surface area contributed by atoms with Crippen molar-refractivity contribution >= 4 is 45.6 Å². The van der Waals surface area contributed by atoms with Crippen LogP contribution in [0.25, 0.3) is 26.9 Å². The first-order chi connectivity index (χ1) is 17.5. The number of pyridine rings is 1. The van der Waals surface area contributed by atoms with Crippen LogP contribution in [-0.2, 0) is 6.54 Å². The van der Waals surface area contributed by atoms with Crippen molar-refractivity contribution in [3.63, 3.8) is 0 Å². The van der Waals surface area contributed by atoms with Gasteiger partial charge in [-0.05, 0) is 17.7 Å². The van der Waals surface area contributed by atoms with Crippen LogP contribution in [0.4, 0.5) is 0 Å². The molecule has 0 fully saturated rings. The lowest BCUT2D eigenvalue weighted by atomic mass is 10.2. The maximum absolute atomic E-state index is 13.2. The van der Waals surface area contributed by atoms with Gasteiger partial charge in [0.25, 0.3) is 5.56 Å². The molecule has 10 heteroatoms. The molecule has 4 rings (SSSR count). The molecule has 0 atom stereocenters. The summed E-state index contributed by atoms with van der Waals surface area (Å²) in [6.07, 6.45) is 5.93. The van der Waals surface area contributed by atoms with Crippen molar-refractivity contribution in [2.45, 2.75) is 26.8 Å². The maximum atomic E-state index is 13.2. The number of nitrogens with zero attached hydrogens (tertiary/aromatic N) is 5. The van der Waals surface area contributed by atoms with Gasteiger partial charge in [-0.1, -0.05) is 55.8 Å². The molecule has 1 aromatic carbocycles. The van der Waals surface area contributed by atoms with Gasteiger partial charge in [0.05, 0.1) is 31.3 Å². The molecule has 0 amide bonds. The second-order valence-corrected chi connectivity index (χ2v) is 8.45. The number of rotatable bonds is 7. The minimum Gasteiger partial charge on any atom is -0.495 e. The van der Waals surface area contributed by atoms with Gasteiger partial charge in [0.1, 0.15) is 15.6 Å². The fraction of sp³-hybridized carbons (Fsp3) is 0.192. The zero-order valence-corrected chi connectivity index (χ0v) is 21.6. The third-order valence-electron chi connectivity index (χ3n) is 4.94. The van der Waals surface area contributed by atoms with Gasteiger partial charge in [-0.15, -0.1) is 11.3 Å². The van der Waals surface area contributed by atoms with Crippen LogP contribution in [0.15, 0.2) is 69.4 Å². The topological polar surface area (TPSA) is 102 Å². The Balaban J connectivity index is 0.00000176. The summed E-state index contributed by atoms with van der Waals surface area (Å²) in [5.41, 5.74) is 0.853. The number of ether oxygens (including phenoxy) is 1. The van der Waals surface area contributed by atoms with Crippen LogP contribution in [0.2, 0.25) is 5.15 Å². The molecule has 3 heterocycles. The molecule has 0 aliphatic heterocycles. The fourth-order valence-corrected chi connectivity index (χ4v) is 4.67. The maximum Gasteiger partial charge on any atom is 0.335 e. The molecule has 0 bridgehead atoms. The number of aliphatic imine (C=N–C) groups is 1. The molecule has 0 unspecified atom stereocenters. The van der Waals surface area contributed by atoms with Crippen LogP contribution in [0.1, 0.15) is 25.8 Å². The van der Waals surface area contributed by atoms with Gasteiger partial charge in [0.2, 0.25) is 0 Å². The van der Waals surface area contributed by atoms with E-state index in [1.165, 1.54) is 41.6 Å². The second-order valence-electron chi connectivity index (χ2n) is 7.04. The van der Waals surface area contributed by atoms with E-state index in [9.17, 15) is 9.59 Å². The highest BCUT2D eigenvalue weighted by Crippen LogP contribution is 2.36. The summed E-state index contributed by atoms with van der Waals surface area (Å²) in [5, 5.41) is 9.31. The summed E-state index contributed by atoms with van der Waals surface area (Å²) >= 11 is 7.48. The minimum absolute atomic E-state index is 0.107. The molecular formula is C26H24ClN5O3S. The predicted molar refractivity (Wildman–Crippen MR) is 146 cm³/mol. The lowest BCUT2D eigenvalue weighted by molar-refractivity contribution is 0.413. The standard InChI is InChI=1S/C24H18ClN5O3S.C2H6/c1-33-17-12-18(22(25)28-15-17)20-13-19-21(34-20)23(31)30(24(32)29(19)10-5-8-26)11-9-27-14-16-6-3-2-4-7-16;1-2/h2-4,6-7,9,11-15H,5,10H2,1H3;1-2H3/b11-9+,27-14?;. The van der Waals surface area contributed by atoms with Crippen LogP contribution in [0, 0.1) is 11.3 Å². The van der Waals surface area contributed by atoms with Gasteiger partial charge in [-0.2, -0.15) is 5.26 Å². The molecule has 0 radical (unpaired) electrons. The highest BCUT2D eigenvalue weighted by Gasteiger charge is 2.18. The number of nitriles is 1. The van der Waals surface area contributed by atoms with Gasteiger partial charge in [0.15, 0.2) is 0 Å². The second kappa shape index (κ2) is 12.6. The Labute approximate surface area is 217 Å². The molecule has 8 nitrogen and oxygen atoms in total. The van der Waals surface area contributed by atoms with E-state index < -0.39 is 11.2 Å². The van der Waals surface area contributed by atoms with E-state index >= 15 is 0 Å². The number of aryl methyl sites for hydroxylation is 1. The first kappa shape index (κ1) is 26.6. The molecule has 0 N–H and O–H groups in total. The number of methoxy groups -OCH3 is 1. The van der Waals surface area contributed by atoms with Crippen molar-refractivity contribution in [3.05, 3.63) is 86.4 Å². The molecule has 36 heavy (non-hydrogen) atoms. The highest BCUT2D eigenvalue weighted by molar-refractivity contribution is 7.22. The monoisotopic (exact) mass is 521 g/mol. The fourth-order valence-electron chi connectivity index (χ4n) is 3.29. The van der Waals surface area contributed by atoms with E-state index in [0.29, 0.717) is 26.4 Å². The molecule has 3 aromatic heterocycles. The van der Waals surface area contributed by atoms with Gasteiger partial charge in [-0.25, -0.2) is 14.3 Å². The van der Waals surface area contributed by atoms with Gasteiger partial charge in [0, 0.05) is 35.6 Å². The van der Waals surface area contributed by atoms with Crippen molar-refractivity contribution in [2.75, 3.05) is 7.11 Å². The Bertz CT molecular complexity index is 1560. The van der Waals surface area contributed by atoms with Gasteiger partial charge in [-0.3, -0.25) is 14.4 Å². The van der Waals surface area contributed by atoms with Crippen LogP contribution in [0.5, 0.6) is 5.75 Å². The lowest BCUT2D eigenvalue weighted by Crippen LogP contribution is -2.36. The smallest absolute Gasteiger partial charge is 0.335 e. The number of aromatic nitrogens is 3. The Hall–Kier alpha value is -4.00. The van der Waals surface area contributed by atoms with Gasteiger partial charge >= 0.3 is 5.69 Å². The number of benzene rings is 1. The number of fused-ring (bicyclic) bond motifs is 1. The molecule has 0 aliphatic carbocycles. The van der Waals surface area contributed by atoms with E-state index in [2.05, 4.69) is 9.98 Å². The average molecular weight is 522 g/mol. The number of hydrogen-bond acceptors (Lipinski definition) is 7. The number of hydrogen-bond donors (Lipinski definition) is 0. The molecule has 0 saturated heterocycles. The first-order valence-corrected chi connectivity index (χ1v) is 12.3. The summed E-state index contributed by atoms with van der Waals surface area (Å²) in [7, 11) is 1.52. The zero-order chi connectivity index (χ0) is 26.1. The Morgan fingerprint density at radius 2 is 1.97 bits per heavy atom. The van der Waals surface area contributed by atoms with Crippen LogP contribution in [-0.4, -0.2) is 27.4 Å². The molecular weight excluding hydrogens is 498 g/mol. The Morgan fingerprint density at radius 1 is 1.22 bits per heavy atom. The summed E-state index contributed by atoms with van der Waals surface area (Å²) in [5.74, 6) is 0.510. The molecule has 4 aromatic rings. The molecule has 184 valence electrons. The lowest BCUT2D eigenvalue weighted by Gasteiger charge is -2.07. The van der Waals surface area contributed by atoms with Crippen LogP contribution < -0.4 is 16.0 Å². The van der Waals surface area contributed by atoms with Crippen molar-refractivity contribution in [3.8, 4) is 22.3 Å². The summed E-state index contributed by atoms with van der Waals surface area (Å²) < 4.78 is 7.99. The van der Waals surface area contributed by atoms with Crippen molar-refractivity contribution in [2.24, 2.45) is 4.99 Å². The predicted octanol–water partition coefficient (Wildman–Crippen LogP) is 5.44. The van der Waals surface area contributed by atoms with E-state index in [4.69, 9.17) is 21.6 Å². The quantitative estimate of drug-likeness (QED) is 0.238. The number of halogens is 1. The summed E-state index contributed by atoms with van der Waals surface area (Å²) in [4.78, 5) is 35.3. The molecule has 0 aliphatic rings. The third kappa shape index (κ3) is 5.79. The Kier molecular flexibility index (Phi) is 9.33. The zero-order valence-electron chi connectivity index (χ0n) is 20.0. The van der Waals surface area contributed by atoms with E-state index in [1.807, 2.05) is 50.2 Å². The SMILES string of the molecule is CC.COc1cnc(Cl)c(-c2cc3c(s2)c(=O)n(/C=C/N=Cc2ccccc2)c(=O)n3CCC#N)c1. The summed E-state index contributed by atoms with van der Waals surface area (Å²) in [6.45, 7) is 4.13. The van der Waals surface area contributed by atoms with Crippen LogP contribution in [0.3, 0.4) is 0 Å². The van der Waals surface area contributed by atoms with E-state index in [-0.39, 0.29) is 18.1 Å². The highest BCUT2D eigenvalue weighted by atomic mass is 35.5. The third-order valence-corrected chi connectivity index (χ3v) is 6.39. The normalized spacial score (nSPS) is 11.0. The van der Waals surface area contributed by atoms with E-state index in [1.54, 1.807) is 18.3 Å². The van der Waals surface area contributed by atoms with Crippen molar-refractivity contribution in [1.29, 1.82) is 5.26 Å². The molecule has 0 saturated carbocycles. The Morgan fingerprint density at radius 3 is 2.67 bits per heavy atom. The van der Waals surface area contributed by atoms with E-state index in [0.717, 1.165) is 10.1 Å². The van der Waals surface area contributed by atoms with Crippen LogP contribution >= 0.6 is 22.9 Å². The van der Waals surface area contributed by atoms with Gasteiger partial charge < -0.3 is 4.74 Å². The minimum atomic E-state index is -0.557.